The molecule has 0 N–H and O–H groups in total. The van der Waals surface area contributed by atoms with E-state index in [2.05, 4.69) is 0 Å². The summed E-state index contributed by atoms with van der Waals surface area (Å²) in [5.74, 6) is 0.237. The van der Waals surface area contributed by atoms with Crippen LogP contribution >= 0.6 is 0 Å². The summed E-state index contributed by atoms with van der Waals surface area (Å²) in [6.45, 7) is 0.913. The molecule has 0 atom stereocenters. The topological polar surface area (TPSA) is 57.7 Å². The summed E-state index contributed by atoms with van der Waals surface area (Å²) < 4.78 is 26.4. The average Bonchev–Trinajstić information content (AvgIpc) is 2.55. The number of hydrogen-bond acceptors (Lipinski definition) is 3. The number of rotatable bonds is 6. The minimum absolute atomic E-state index is 0.0410. The number of aryl methyl sites for hydroxylation is 1. The van der Waals surface area contributed by atoms with E-state index in [-0.39, 0.29) is 17.6 Å². The minimum Gasteiger partial charge on any atom is -0.349 e. The van der Waals surface area contributed by atoms with E-state index in [1.54, 1.807) is 23.3 Å². The van der Waals surface area contributed by atoms with Crippen molar-refractivity contribution in [1.82, 2.24) is 9.21 Å². The first-order valence-corrected chi connectivity index (χ1v) is 9.74. The van der Waals surface area contributed by atoms with Crippen LogP contribution in [0.5, 0.6) is 0 Å². The van der Waals surface area contributed by atoms with Crippen LogP contribution in [0.15, 0.2) is 30.3 Å². The van der Waals surface area contributed by atoms with Crippen LogP contribution in [-0.4, -0.2) is 56.5 Å². The largest absolute Gasteiger partial charge is 0.349 e. The average molecular weight is 338 g/mol. The molecule has 0 unspecified atom stereocenters. The summed E-state index contributed by atoms with van der Waals surface area (Å²) in [6, 6.07) is 9.93. The smallest absolute Gasteiger partial charge is 0.225 e. The third-order valence-corrected chi connectivity index (χ3v) is 6.30. The Hall–Kier alpha value is -1.40. The number of sulfonamides is 1. The van der Waals surface area contributed by atoms with E-state index in [1.165, 1.54) is 0 Å². The van der Waals surface area contributed by atoms with Gasteiger partial charge in [-0.1, -0.05) is 30.3 Å². The first-order valence-electron chi connectivity index (χ1n) is 8.13. The minimum atomic E-state index is -3.21. The Kier molecular flexibility index (Phi) is 6.18. The third-order valence-electron chi connectivity index (χ3n) is 4.35. The van der Waals surface area contributed by atoms with E-state index in [0.29, 0.717) is 32.4 Å². The molecule has 1 fully saturated rings. The zero-order chi connectivity index (χ0) is 16.9. The van der Waals surface area contributed by atoms with Crippen LogP contribution in [0.4, 0.5) is 0 Å². The Labute approximate surface area is 139 Å². The molecule has 0 saturated carbocycles. The predicted octanol–water partition coefficient (Wildman–Crippen LogP) is 1.75. The van der Waals surface area contributed by atoms with Crippen molar-refractivity contribution in [3.05, 3.63) is 35.9 Å². The van der Waals surface area contributed by atoms with Crippen molar-refractivity contribution >= 4 is 15.9 Å². The molecule has 0 aromatic heterocycles. The van der Waals surface area contributed by atoms with Crippen LogP contribution in [0.1, 0.15) is 24.8 Å². The van der Waals surface area contributed by atoms with Gasteiger partial charge in [-0.3, -0.25) is 4.79 Å². The molecule has 23 heavy (non-hydrogen) atoms. The lowest BCUT2D eigenvalue weighted by Gasteiger charge is -2.31. The lowest BCUT2D eigenvalue weighted by atomic mass is 9.97. The standard InChI is InChI=1S/C17H26N2O3S/c1-18(2)17(20)16-10-12-19(13-11-16)23(21,22)14-6-9-15-7-4-3-5-8-15/h3-5,7-8,16H,6,9-14H2,1-2H3. The van der Waals surface area contributed by atoms with Crippen LogP contribution in [0, 0.1) is 5.92 Å². The lowest BCUT2D eigenvalue weighted by molar-refractivity contribution is -0.134. The number of piperidine rings is 1. The molecule has 1 saturated heterocycles. The Morgan fingerprint density at radius 2 is 1.78 bits per heavy atom. The molecule has 128 valence electrons. The second-order valence-corrected chi connectivity index (χ2v) is 8.40. The summed E-state index contributed by atoms with van der Waals surface area (Å²) in [5, 5.41) is 0. The number of hydrogen-bond donors (Lipinski definition) is 0. The summed E-state index contributed by atoms with van der Waals surface area (Å²) in [6.07, 6.45) is 2.64. The zero-order valence-corrected chi connectivity index (χ0v) is 14.8. The monoisotopic (exact) mass is 338 g/mol. The predicted molar refractivity (Wildman–Crippen MR) is 91.5 cm³/mol. The molecular formula is C17H26N2O3S. The molecule has 1 aromatic rings. The molecule has 1 aliphatic rings. The molecule has 6 heteroatoms. The quantitative estimate of drug-likeness (QED) is 0.794. The zero-order valence-electron chi connectivity index (χ0n) is 13.9. The molecule has 1 heterocycles. The highest BCUT2D eigenvalue weighted by atomic mass is 32.2. The lowest BCUT2D eigenvalue weighted by Crippen LogP contribution is -2.43. The van der Waals surface area contributed by atoms with Gasteiger partial charge in [0.2, 0.25) is 15.9 Å². The number of carbonyl (C=O) groups excluding carboxylic acids is 1. The summed E-state index contributed by atoms with van der Waals surface area (Å²) in [4.78, 5) is 13.5. The van der Waals surface area contributed by atoms with Gasteiger partial charge in [0.15, 0.2) is 0 Å². The van der Waals surface area contributed by atoms with Crippen LogP contribution in [0.3, 0.4) is 0 Å². The van der Waals surface area contributed by atoms with Crippen molar-refractivity contribution in [2.24, 2.45) is 5.92 Å². The van der Waals surface area contributed by atoms with Gasteiger partial charge in [-0.05, 0) is 31.2 Å². The molecule has 0 bridgehead atoms. The highest BCUT2D eigenvalue weighted by molar-refractivity contribution is 7.89. The Bertz CT molecular complexity index is 606. The molecule has 0 spiro atoms. The van der Waals surface area contributed by atoms with Gasteiger partial charge in [0.05, 0.1) is 5.75 Å². The number of benzene rings is 1. The van der Waals surface area contributed by atoms with Gasteiger partial charge in [-0.25, -0.2) is 12.7 Å². The molecule has 1 aromatic carbocycles. The maximum Gasteiger partial charge on any atom is 0.225 e. The van der Waals surface area contributed by atoms with Crippen LogP contribution in [0.25, 0.3) is 0 Å². The fourth-order valence-electron chi connectivity index (χ4n) is 2.98. The molecule has 5 nitrogen and oxygen atoms in total. The number of nitrogens with zero attached hydrogens (tertiary/aromatic N) is 2. The third kappa shape index (κ3) is 5.04. The Morgan fingerprint density at radius 3 is 2.35 bits per heavy atom. The highest BCUT2D eigenvalue weighted by Crippen LogP contribution is 2.21. The number of amides is 1. The molecular weight excluding hydrogens is 312 g/mol. The maximum atomic E-state index is 12.4. The first kappa shape index (κ1) is 17.9. The molecule has 2 rings (SSSR count). The van der Waals surface area contributed by atoms with Crippen molar-refractivity contribution in [3.63, 3.8) is 0 Å². The van der Waals surface area contributed by atoms with E-state index < -0.39 is 10.0 Å². The SMILES string of the molecule is CN(C)C(=O)C1CCN(S(=O)(=O)CCCc2ccccc2)CC1. The molecule has 1 amide bonds. The van der Waals surface area contributed by atoms with Gasteiger partial charge >= 0.3 is 0 Å². The van der Waals surface area contributed by atoms with Crippen molar-refractivity contribution < 1.29 is 13.2 Å². The van der Waals surface area contributed by atoms with Crippen molar-refractivity contribution in [2.45, 2.75) is 25.7 Å². The van der Waals surface area contributed by atoms with Crippen molar-refractivity contribution in [3.8, 4) is 0 Å². The summed E-state index contributed by atoms with van der Waals surface area (Å²) >= 11 is 0. The normalized spacial score (nSPS) is 17.1. The van der Waals surface area contributed by atoms with Gasteiger partial charge in [-0.15, -0.1) is 0 Å². The Balaban J connectivity index is 1.81. The van der Waals surface area contributed by atoms with Gasteiger partial charge in [0.25, 0.3) is 0 Å². The van der Waals surface area contributed by atoms with Gasteiger partial charge in [0.1, 0.15) is 0 Å². The van der Waals surface area contributed by atoms with Crippen LogP contribution in [0.2, 0.25) is 0 Å². The summed E-state index contributed by atoms with van der Waals surface area (Å²) in [7, 11) is 0.276. The van der Waals surface area contributed by atoms with E-state index in [4.69, 9.17) is 0 Å². The summed E-state index contributed by atoms with van der Waals surface area (Å²) in [5.41, 5.74) is 1.16. The van der Waals surface area contributed by atoms with Crippen molar-refractivity contribution in [1.29, 1.82) is 0 Å². The van der Waals surface area contributed by atoms with E-state index in [9.17, 15) is 13.2 Å². The van der Waals surface area contributed by atoms with Gasteiger partial charge < -0.3 is 4.90 Å². The first-order chi connectivity index (χ1) is 10.9. The van der Waals surface area contributed by atoms with Crippen LogP contribution in [-0.2, 0) is 21.2 Å². The maximum absolute atomic E-state index is 12.4. The van der Waals surface area contributed by atoms with E-state index in [0.717, 1.165) is 12.0 Å². The molecule has 1 aliphatic heterocycles. The fraction of sp³-hybridized carbons (Fsp3) is 0.588. The fourth-order valence-corrected chi connectivity index (χ4v) is 4.51. The van der Waals surface area contributed by atoms with Crippen molar-refractivity contribution in [2.75, 3.05) is 32.9 Å². The molecule has 0 radical (unpaired) electrons. The second-order valence-electron chi connectivity index (χ2n) is 6.31. The number of carbonyl (C=O) groups is 1. The van der Waals surface area contributed by atoms with E-state index in [1.807, 2.05) is 30.3 Å². The second kappa shape index (κ2) is 7.93. The Morgan fingerprint density at radius 1 is 1.17 bits per heavy atom. The van der Waals surface area contributed by atoms with Crippen LogP contribution < -0.4 is 0 Å². The highest BCUT2D eigenvalue weighted by Gasteiger charge is 2.31. The van der Waals surface area contributed by atoms with Gasteiger partial charge in [-0.2, -0.15) is 0 Å². The molecule has 0 aliphatic carbocycles. The van der Waals surface area contributed by atoms with Gasteiger partial charge in [0, 0.05) is 33.1 Å². The van der Waals surface area contributed by atoms with E-state index >= 15 is 0 Å².